The number of benzene rings is 2. The molecular weight excluding hydrogens is 453 g/mol. The number of rotatable bonds is 10. The van der Waals surface area contributed by atoms with E-state index in [0.29, 0.717) is 44.8 Å². The van der Waals surface area contributed by atoms with E-state index >= 15 is 0 Å². The fraction of sp³-hybridized carbons (Fsp3) is 0.211. The van der Waals surface area contributed by atoms with Gasteiger partial charge in [0.25, 0.3) is 5.76 Å². The second-order valence-corrected chi connectivity index (χ2v) is 9.18. The van der Waals surface area contributed by atoms with Crippen molar-refractivity contribution in [3.05, 3.63) is 59.9 Å². The Morgan fingerprint density at radius 1 is 1.07 bits per heavy atom. The second kappa shape index (κ2) is 11.2. The molecule has 0 spiro atoms. The van der Waals surface area contributed by atoms with Crippen LogP contribution in [0.2, 0.25) is 0 Å². The molecule has 158 valence electrons. The number of anilines is 2. The van der Waals surface area contributed by atoms with Gasteiger partial charge in [0.05, 0.1) is 5.75 Å². The summed E-state index contributed by atoms with van der Waals surface area (Å²) < 4.78 is 38.2. The minimum absolute atomic E-state index is 0.126. The monoisotopic (exact) mass is 470 g/mol. The predicted molar refractivity (Wildman–Crippen MR) is 115 cm³/mol. The summed E-state index contributed by atoms with van der Waals surface area (Å²) in [4.78, 5) is 12.4. The summed E-state index contributed by atoms with van der Waals surface area (Å²) in [5.74, 6) is -2.66. The summed E-state index contributed by atoms with van der Waals surface area (Å²) in [6, 6.07) is 12.8. The highest BCUT2D eigenvalue weighted by Crippen LogP contribution is 2.29. The molecule has 30 heavy (non-hydrogen) atoms. The maximum atomic E-state index is 12.9. The molecule has 0 unspecified atom stereocenters. The second-order valence-electron chi connectivity index (χ2n) is 5.92. The van der Waals surface area contributed by atoms with E-state index in [1.54, 1.807) is 36.4 Å². The number of hydrogen-bond acceptors (Lipinski definition) is 7. The van der Waals surface area contributed by atoms with Gasteiger partial charge in [-0.2, -0.15) is 8.78 Å². The molecule has 0 aliphatic heterocycles. The molecule has 0 aliphatic carbocycles. The highest BCUT2D eigenvalue weighted by Gasteiger charge is 2.09. The quantitative estimate of drug-likeness (QED) is 0.398. The number of carbonyl (C=O) groups excluding carboxylic acids is 1. The van der Waals surface area contributed by atoms with E-state index in [2.05, 4.69) is 20.8 Å². The van der Waals surface area contributed by atoms with Crippen LogP contribution in [0, 0.1) is 5.82 Å². The van der Waals surface area contributed by atoms with Crippen molar-refractivity contribution in [2.24, 2.45) is 0 Å². The highest BCUT2D eigenvalue weighted by molar-refractivity contribution is 8.01. The van der Waals surface area contributed by atoms with Crippen molar-refractivity contribution in [1.29, 1.82) is 0 Å². The number of nitrogens with zero attached hydrogens (tertiary/aromatic N) is 2. The molecule has 0 saturated carbocycles. The van der Waals surface area contributed by atoms with Crippen LogP contribution in [0.25, 0.3) is 0 Å². The van der Waals surface area contributed by atoms with E-state index in [1.165, 1.54) is 35.2 Å². The van der Waals surface area contributed by atoms with Crippen LogP contribution in [0.1, 0.15) is 5.56 Å². The van der Waals surface area contributed by atoms with Gasteiger partial charge >= 0.3 is 0 Å². The number of thioether (sulfide) groups is 2. The maximum absolute atomic E-state index is 12.9. The van der Waals surface area contributed by atoms with Crippen LogP contribution in [0.3, 0.4) is 0 Å². The zero-order chi connectivity index (χ0) is 21.3. The van der Waals surface area contributed by atoms with Gasteiger partial charge in [-0.15, -0.1) is 10.2 Å². The third-order valence-corrected chi connectivity index (χ3v) is 6.41. The minimum Gasteiger partial charge on any atom is -0.355 e. The van der Waals surface area contributed by atoms with Crippen molar-refractivity contribution in [2.45, 2.75) is 21.4 Å². The molecule has 3 aromatic rings. The Bertz CT molecular complexity index is 952. The molecule has 1 heterocycles. The molecule has 0 aliphatic rings. The first-order chi connectivity index (χ1) is 14.5. The van der Waals surface area contributed by atoms with Crippen molar-refractivity contribution in [3.8, 4) is 0 Å². The molecule has 3 rings (SSSR count). The third kappa shape index (κ3) is 7.54. The van der Waals surface area contributed by atoms with E-state index in [0.717, 1.165) is 5.56 Å². The Hall–Kier alpha value is -2.24. The van der Waals surface area contributed by atoms with Crippen molar-refractivity contribution < 1.29 is 18.0 Å². The highest BCUT2D eigenvalue weighted by atomic mass is 32.2. The number of amides is 1. The van der Waals surface area contributed by atoms with Crippen LogP contribution < -0.4 is 10.6 Å². The van der Waals surface area contributed by atoms with Crippen LogP contribution in [0.5, 0.6) is 0 Å². The third-order valence-electron chi connectivity index (χ3n) is 3.71. The van der Waals surface area contributed by atoms with Crippen LogP contribution >= 0.6 is 34.9 Å². The molecular formula is C19H17F3N4OS3. The van der Waals surface area contributed by atoms with Crippen LogP contribution in [-0.2, 0) is 11.2 Å². The van der Waals surface area contributed by atoms with Crippen molar-refractivity contribution >= 4 is 51.6 Å². The maximum Gasteiger partial charge on any atom is 0.288 e. The summed E-state index contributed by atoms with van der Waals surface area (Å²) in [5.41, 5.74) is 1.66. The van der Waals surface area contributed by atoms with Crippen molar-refractivity contribution in [3.63, 3.8) is 0 Å². The Morgan fingerprint density at radius 3 is 2.50 bits per heavy atom. The van der Waals surface area contributed by atoms with E-state index in [4.69, 9.17) is 0 Å². The standard InChI is InChI=1S/C19H17F3N4OS3/c20-13-3-1-12(2-4-13)9-10-23-16(27)11-28-19-26-25-18(30-19)24-14-5-7-15(8-6-14)29-17(21)22/h1-8,17H,9-11H2,(H,23,27)(H,24,25). The number of halogens is 3. The Kier molecular flexibility index (Phi) is 8.40. The normalized spacial score (nSPS) is 10.9. The smallest absolute Gasteiger partial charge is 0.288 e. The van der Waals surface area contributed by atoms with Gasteiger partial charge in [-0.05, 0) is 48.4 Å². The number of nitrogens with one attached hydrogen (secondary N) is 2. The summed E-state index contributed by atoms with van der Waals surface area (Å²) in [5, 5.41) is 14.5. The Morgan fingerprint density at radius 2 is 1.80 bits per heavy atom. The van der Waals surface area contributed by atoms with Gasteiger partial charge in [0.15, 0.2) is 4.34 Å². The van der Waals surface area contributed by atoms with E-state index in [9.17, 15) is 18.0 Å². The topological polar surface area (TPSA) is 66.9 Å². The lowest BCUT2D eigenvalue weighted by Gasteiger charge is -2.04. The lowest BCUT2D eigenvalue weighted by molar-refractivity contribution is -0.118. The summed E-state index contributed by atoms with van der Waals surface area (Å²) >= 11 is 3.06. The van der Waals surface area contributed by atoms with Gasteiger partial charge in [0, 0.05) is 17.1 Å². The number of alkyl halides is 2. The molecule has 2 N–H and O–H groups in total. The van der Waals surface area contributed by atoms with E-state index in [-0.39, 0.29) is 17.5 Å². The largest absolute Gasteiger partial charge is 0.355 e. The Balaban J connectivity index is 1.39. The van der Waals surface area contributed by atoms with Crippen molar-refractivity contribution in [1.82, 2.24) is 15.5 Å². The molecule has 5 nitrogen and oxygen atoms in total. The van der Waals surface area contributed by atoms with Gasteiger partial charge in [0.2, 0.25) is 11.0 Å². The average Bonchev–Trinajstić information content (AvgIpc) is 3.16. The number of carbonyl (C=O) groups is 1. The zero-order valence-electron chi connectivity index (χ0n) is 15.5. The molecule has 1 aromatic heterocycles. The first-order valence-corrected chi connectivity index (χ1v) is 11.5. The van der Waals surface area contributed by atoms with Gasteiger partial charge < -0.3 is 10.6 Å². The molecule has 2 aromatic carbocycles. The average molecular weight is 471 g/mol. The lowest BCUT2D eigenvalue weighted by atomic mass is 10.1. The predicted octanol–water partition coefficient (Wildman–Crippen LogP) is 5.19. The molecule has 0 radical (unpaired) electrons. The molecule has 0 fully saturated rings. The molecule has 11 heteroatoms. The Labute approximate surface area is 183 Å². The first-order valence-electron chi connectivity index (χ1n) is 8.77. The fourth-order valence-electron chi connectivity index (χ4n) is 2.34. The zero-order valence-corrected chi connectivity index (χ0v) is 17.9. The fourth-order valence-corrected chi connectivity index (χ4v) is 4.44. The SMILES string of the molecule is O=C(CSc1nnc(Nc2ccc(SC(F)F)cc2)s1)NCCc1ccc(F)cc1. The van der Waals surface area contributed by atoms with E-state index < -0.39 is 5.76 Å². The van der Waals surface area contributed by atoms with Crippen LogP contribution in [-0.4, -0.2) is 34.2 Å². The minimum atomic E-state index is -2.45. The van der Waals surface area contributed by atoms with Gasteiger partial charge in [-0.1, -0.05) is 47.0 Å². The van der Waals surface area contributed by atoms with Crippen LogP contribution in [0.4, 0.5) is 24.0 Å². The van der Waals surface area contributed by atoms with Gasteiger partial charge in [-0.3, -0.25) is 4.79 Å². The molecule has 0 bridgehead atoms. The summed E-state index contributed by atoms with van der Waals surface area (Å²) in [7, 11) is 0. The molecule has 1 amide bonds. The van der Waals surface area contributed by atoms with Crippen LogP contribution in [0.15, 0.2) is 57.8 Å². The summed E-state index contributed by atoms with van der Waals surface area (Å²) in [6.45, 7) is 0.466. The van der Waals surface area contributed by atoms with Gasteiger partial charge in [0.1, 0.15) is 5.82 Å². The summed E-state index contributed by atoms with van der Waals surface area (Å²) in [6.07, 6.45) is 0.623. The number of hydrogen-bond donors (Lipinski definition) is 2. The first kappa shape index (κ1) is 22.4. The van der Waals surface area contributed by atoms with Gasteiger partial charge in [-0.25, -0.2) is 4.39 Å². The molecule has 0 atom stereocenters. The molecule has 0 saturated heterocycles. The van der Waals surface area contributed by atoms with E-state index in [1.807, 2.05) is 0 Å². The van der Waals surface area contributed by atoms with Crippen molar-refractivity contribution in [2.75, 3.05) is 17.6 Å². The number of aromatic nitrogens is 2. The lowest BCUT2D eigenvalue weighted by Crippen LogP contribution is -2.27.